The van der Waals surface area contributed by atoms with Gasteiger partial charge in [0.25, 0.3) is 5.91 Å². The first-order chi connectivity index (χ1) is 10.9. The van der Waals surface area contributed by atoms with Crippen LogP contribution in [0.2, 0.25) is 0 Å². The SMILES string of the molecule is C[C@]1(NC(=O)Cc2ccccc2)C(=O)N2C(C(=O)O)=CSC[C@H]21. The molecule has 6 nitrogen and oxygen atoms in total. The predicted octanol–water partition coefficient (Wildman–Crippen LogP) is 0.988. The number of carboxylic acid groups (broad SMARTS) is 1. The summed E-state index contributed by atoms with van der Waals surface area (Å²) < 4.78 is 0. The van der Waals surface area contributed by atoms with Gasteiger partial charge in [0.15, 0.2) is 0 Å². The maximum Gasteiger partial charge on any atom is 0.353 e. The van der Waals surface area contributed by atoms with Crippen LogP contribution in [0.15, 0.2) is 41.4 Å². The van der Waals surface area contributed by atoms with Crippen molar-refractivity contribution in [3.05, 3.63) is 47.0 Å². The zero-order valence-electron chi connectivity index (χ0n) is 12.5. The van der Waals surface area contributed by atoms with E-state index in [1.807, 2.05) is 30.3 Å². The van der Waals surface area contributed by atoms with Gasteiger partial charge in [-0.3, -0.25) is 14.5 Å². The molecule has 2 aliphatic rings. The molecule has 0 aliphatic carbocycles. The fraction of sp³-hybridized carbons (Fsp3) is 0.312. The number of rotatable bonds is 4. The van der Waals surface area contributed by atoms with E-state index in [0.717, 1.165) is 5.56 Å². The molecule has 1 aromatic rings. The van der Waals surface area contributed by atoms with E-state index in [9.17, 15) is 14.4 Å². The fourth-order valence-corrected chi connectivity index (χ4v) is 4.06. The Bertz CT molecular complexity index is 703. The molecule has 3 rings (SSSR count). The third kappa shape index (κ3) is 2.61. The monoisotopic (exact) mass is 332 g/mol. The number of β-lactam (4-membered cyclic amide) rings is 1. The van der Waals surface area contributed by atoms with Gasteiger partial charge in [-0.2, -0.15) is 0 Å². The smallest absolute Gasteiger partial charge is 0.353 e. The van der Waals surface area contributed by atoms with E-state index in [-0.39, 0.29) is 30.0 Å². The lowest BCUT2D eigenvalue weighted by atomic mass is 9.80. The van der Waals surface area contributed by atoms with Gasteiger partial charge in [-0.15, -0.1) is 11.8 Å². The van der Waals surface area contributed by atoms with Crippen LogP contribution in [0, 0.1) is 0 Å². The summed E-state index contributed by atoms with van der Waals surface area (Å²) in [5.41, 5.74) is -0.208. The molecule has 0 unspecified atom stereocenters. The molecule has 2 heterocycles. The molecule has 120 valence electrons. The molecule has 1 saturated heterocycles. The van der Waals surface area contributed by atoms with Gasteiger partial charge in [0.05, 0.1) is 12.5 Å². The molecular weight excluding hydrogens is 316 g/mol. The molecule has 0 saturated carbocycles. The Morgan fingerprint density at radius 3 is 2.74 bits per heavy atom. The number of nitrogens with one attached hydrogen (secondary N) is 1. The summed E-state index contributed by atoms with van der Waals surface area (Å²) >= 11 is 1.34. The molecule has 0 radical (unpaired) electrons. The highest BCUT2D eigenvalue weighted by Gasteiger charge is 2.61. The maximum atomic E-state index is 12.4. The first-order valence-electron chi connectivity index (χ1n) is 7.17. The minimum absolute atomic E-state index is 0.0222. The number of carbonyl (C=O) groups is 3. The molecule has 1 aromatic carbocycles. The number of carboxylic acids is 1. The first kappa shape index (κ1) is 15.6. The summed E-state index contributed by atoms with van der Waals surface area (Å²) in [6.07, 6.45) is 0.186. The third-order valence-corrected chi connectivity index (χ3v) is 5.07. The van der Waals surface area contributed by atoms with E-state index in [1.54, 1.807) is 6.92 Å². The van der Waals surface area contributed by atoms with Crippen molar-refractivity contribution in [1.82, 2.24) is 10.2 Å². The van der Waals surface area contributed by atoms with Crippen LogP contribution < -0.4 is 5.32 Å². The summed E-state index contributed by atoms with van der Waals surface area (Å²) in [4.78, 5) is 37.1. The molecule has 7 heteroatoms. The molecule has 1 fully saturated rings. The normalized spacial score (nSPS) is 26.0. The van der Waals surface area contributed by atoms with Crippen molar-refractivity contribution in [1.29, 1.82) is 0 Å². The van der Waals surface area contributed by atoms with Crippen LogP contribution >= 0.6 is 11.8 Å². The first-order valence-corrected chi connectivity index (χ1v) is 8.22. The summed E-state index contributed by atoms with van der Waals surface area (Å²) in [7, 11) is 0. The Hall–Kier alpha value is -2.28. The largest absolute Gasteiger partial charge is 0.477 e. The van der Waals surface area contributed by atoms with Crippen LogP contribution in [0.1, 0.15) is 12.5 Å². The second-order valence-corrected chi connectivity index (χ2v) is 6.65. The summed E-state index contributed by atoms with van der Waals surface area (Å²) in [6.45, 7) is 1.66. The highest BCUT2D eigenvalue weighted by Crippen LogP contribution is 2.40. The highest BCUT2D eigenvalue weighted by molar-refractivity contribution is 8.02. The number of fused-ring (bicyclic) bond motifs is 1. The zero-order chi connectivity index (χ0) is 16.6. The average Bonchev–Trinajstić information content (AvgIpc) is 2.54. The number of aliphatic carboxylic acids is 1. The molecule has 2 amide bonds. The number of amides is 2. The zero-order valence-corrected chi connectivity index (χ0v) is 13.3. The van der Waals surface area contributed by atoms with Gasteiger partial charge in [0.2, 0.25) is 5.91 Å². The minimum atomic E-state index is -1.13. The molecule has 23 heavy (non-hydrogen) atoms. The van der Waals surface area contributed by atoms with Crippen LogP contribution in [0.25, 0.3) is 0 Å². The lowest BCUT2D eigenvalue weighted by Gasteiger charge is -2.55. The summed E-state index contributed by atoms with van der Waals surface area (Å²) in [5, 5.41) is 13.4. The molecule has 0 aromatic heterocycles. The van der Waals surface area contributed by atoms with Crippen molar-refractivity contribution in [3.63, 3.8) is 0 Å². The number of hydrogen-bond acceptors (Lipinski definition) is 4. The number of nitrogens with zero attached hydrogens (tertiary/aromatic N) is 1. The molecule has 0 bridgehead atoms. The van der Waals surface area contributed by atoms with E-state index in [4.69, 9.17) is 5.11 Å². The second kappa shape index (κ2) is 5.73. The molecule has 0 spiro atoms. The quantitative estimate of drug-likeness (QED) is 0.803. The van der Waals surface area contributed by atoms with Crippen molar-refractivity contribution >= 4 is 29.5 Å². The lowest BCUT2D eigenvalue weighted by Crippen LogP contribution is -2.80. The summed E-state index contributed by atoms with van der Waals surface area (Å²) in [5.74, 6) is -1.20. The Morgan fingerprint density at radius 2 is 2.09 bits per heavy atom. The van der Waals surface area contributed by atoms with Crippen LogP contribution in [0.3, 0.4) is 0 Å². The van der Waals surface area contributed by atoms with Crippen molar-refractivity contribution in [2.24, 2.45) is 0 Å². The van der Waals surface area contributed by atoms with Gasteiger partial charge in [0.1, 0.15) is 11.2 Å². The predicted molar refractivity (Wildman–Crippen MR) is 85.5 cm³/mol. The number of carbonyl (C=O) groups excluding carboxylic acids is 2. The molecule has 2 aliphatic heterocycles. The molecule has 2 atom stereocenters. The van der Waals surface area contributed by atoms with E-state index in [0.29, 0.717) is 5.75 Å². The van der Waals surface area contributed by atoms with Gasteiger partial charge in [-0.05, 0) is 12.5 Å². The Kier molecular flexibility index (Phi) is 3.89. The minimum Gasteiger partial charge on any atom is -0.477 e. The third-order valence-electron chi connectivity index (χ3n) is 4.18. The van der Waals surface area contributed by atoms with Gasteiger partial charge in [-0.25, -0.2) is 4.79 Å². The number of hydrogen-bond donors (Lipinski definition) is 2. The topological polar surface area (TPSA) is 86.7 Å². The maximum absolute atomic E-state index is 12.4. The summed E-state index contributed by atoms with van der Waals surface area (Å²) in [6, 6.07) is 8.92. The van der Waals surface area contributed by atoms with Gasteiger partial charge >= 0.3 is 5.97 Å². The van der Waals surface area contributed by atoms with Crippen molar-refractivity contribution in [2.45, 2.75) is 24.9 Å². The van der Waals surface area contributed by atoms with Gasteiger partial charge in [-0.1, -0.05) is 30.3 Å². The Balaban J connectivity index is 1.71. The number of thioether (sulfide) groups is 1. The van der Waals surface area contributed by atoms with Crippen LogP contribution in [0.4, 0.5) is 0 Å². The van der Waals surface area contributed by atoms with E-state index in [1.165, 1.54) is 22.1 Å². The van der Waals surface area contributed by atoms with E-state index >= 15 is 0 Å². The van der Waals surface area contributed by atoms with Crippen molar-refractivity contribution in [3.8, 4) is 0 Å². The lowest BCUT2D eigenvalue weighted by molar-refractivity contribution is -0.161. The van der Waals surface area contributed by atoms with E-state index in [2.05, 4.69) is 5.32 Å². The van der Waals surface area contributed by atoms with Crippen LogP contribution in [0.5, 0.6) is 0 Å². The van der Waals surface area contributed by atoms with E-state index < -0.39 is 11.5 Å². The standard InChI is InChI=1S/C16H16N2O4S/c1-16(17-13(19)7-10-5-3-2-4-6-10)12-9-23-8-11(14(20)21)18(12)15(16)22/h2-6,8,12H,7,9H2,1H3,(H,17,19)(H,20,21)/t12-,16+/m0/s1. The molecular formula is C16H16N2O4S. The Labute approximate surface area is 137 Å². The highest BCUT2D eigenvalue weighted by atomic mass is 32.2. The van der Waals surface area contributed by atoms with Crippen LogP contribution in [-0.2, 0) is 20.8 Å². The number of benzene rings is 1. The molecule has 2 N–H and O–H groups in total. The second-order valence-electron chi connectivity index (χ2n) is 5.75. The van der Waals surface area contributed by atoms with Gasteiger partial charge < -0.3 is 10.4 Å². The van der Waals surface area contributed by atoms with Gasteiger partial charge in [0, 0.05) is 11.2 Å². The van der Waals surface area contributed by atoms with Crippen molar-refractivity contribution < 1.29 is 19.5 Å². The van der Waals surface area contributed by atoms with Crippen LogP contribution in [-0.4, -0.2) is 45.1 Å². The van der Waals surface area contributed by atoms with Crippen molar-refractivity contribution in [2.75, 3.05) is 5.75 Å². The fourth-order valence-electron chi connectivity index (χ4n) is 2.93. The Morgan fingerprint density at radius 1 is 1.39 bits per heavy atom. The average molecular weight is 332 g/mol.